The van der Waals surface area contributed by atoms with E-state index < -0.39 is 0 Å². The summed E-state index contributed by atoms with van der Waals surface area (Å²) in [7, 11) is 0. The summed E-state index contributed by atoms with van der Waals surface area (Å²) in [4.78, 5) is 1.10. The van der Waals surface area contributed by atoms with Crippen molar-refractivity contribution in [3.8, 4) is 10.6 Å². The average molecular weight is 288 g/mol. The number of hydrogen-bond donors (Lipinski definition) is 1. The smallest absolute Gasteiger partial charge is 0.177 e. The molecule has 0 aliphatic carbocycles. The molecular weight excluding hydrogens is 272 g/mol. The maximum Gasteiger partial charge on any atom is 0.177 e. The number of aromatic nitrogens is 3. The first-order chi connectivity index (χ1) is 9.81. The highest BCUT2D eigenvalue weighted by molar-refractivity contribution is 7.13. The summed E-state index contributed by atoms with van der Waals surface area (Å²) < 4.78 is 7.26. The SMILES string of the molecule is C[C@H](Cn1cccn1)NCc1cc(-c2cccs2)on1. The van der Waals surface area contributed by atoms with Gasteiger partial charge in [-0.15, -0.1) is 11.3 Å². The first kappa shape index (κ1) is 13.1. The highest BCUT2D eigenvalue weighted by atomic mass is 32.1. The third kappa shape index (κ3) is 3.15. The second-order valence-corrected chi connectivity index (χ2v) is 5.62. The van der Waals surface area contributed by atoms with Gasteiger partial charge in [-0.3, -0.25) is 4.68 Å². The van der Waals surface area contributed by atoms with Crippen LogP contribution in [0.2, 0.25) is 0 Å². The molecule has 0 saturated heterocycles. The van der Waals surface area contributed by atoms with E-state index in [0.29, 0.717) is 12.6 Å². The maximum absolute atomic E-state index is 5.35. The molecule has 3 aromatic heterocycles. The molecule has 0 saturated carbocycles. The van der Waals surface area contributed by atoms with Gasteiger partial charge in [0.05, 0.1) is 17.1 Å². The minimum atomic E-state index is 0.316. The topological polar surface area (TPSA) is 55.9 Å². The summed E-state index contributed by atoms with van der Waals surface area (Å²) in [5.41, 5.74) is 0.917. The van der Waals surface area contributed by atoms with Gasteiger partial charge in [0.1, 0.15) is 0 Å². The Balaban J connectivity index is 1.53. The Bertz CT molecular complexity index is 630. The monoisotopic (exact) mass is 288 g/mol. The van der Waals surface area contributed by atoms with Crippen LogP contribution in [-0.2, 0) is 13.1 Å². The fourth-order valence-electron chi connectivity index (χ4n) is 1.96. The van der Waals surface area contributed by atoms with E-state index in [-0.39, 0.29) is 0 Å². The summed E-state index contributed by atoms with van der Waals surface area (Å²) in [6.45, 7) is 3.65. The van der Waals surface area contributed by atoms with Crippen LogP contribution in [0.25, 0.3) is 10.6 Å². The normalized spacial score (nSPS) is 12.7. The van der Waals surface area contributed by atoms with Crippen LogP contribution in [0.1, 0.15) is 12.6 Å². The van der Waals surface area contributed by atoms with Crippen molar-refractivity contribution in [3.63, 3.8) is 0 Å². The molecule has 1 N–H and O–H groups in total. The zero-order chi connectivity index (χ0) is 13.8. The largest absolute Gasteiger partial charge is 0.355 e. The highest BCUT2D eigenvalue weighted by Gasteiger charge is 2.09. The van der Waals surface area contributed by atoms with Crippen LogP contribution in [-0.4, -0.2) is 21.0 Å². The molecule has 0 aliphatic heterocycles. The van der Waals surface area contributed by atoms with Gasteiger partial charge in [0.15, 0.2) is 5.76 Å². The van der Waals surface area contributed by atoms with E-state index in [2.05, 4.69) is 22.5 Å². The van der Waals surface area contributed by atoms with Gasteiger partial charge in [-0.05, 0) is 24.4 Å². The first-order valence-electron chi connectivity index (χ1n) is 6.51. The second kappa shape index (κ2) is 6.02. The Hall–Kier alpha value is -1.92. The lowest BCUT2D eigenvalue weighted by atomic mass is 10.3. The molecule has 6 heteroatoms. The van der Waals surface area contributed by atoms with Crippen molar-refractivity contribution >= 4 is 11.3 Å². The highest BCUT2D eigenvalue weighted by Crippen LogP contribution is 2.24. The number of thiophene rings is 1. The van der Waals surface area contributed by atoms with E-state index >= 15 is 0 Å². The van der Waals surface area contributed by atoms with Crippen LogP contribution >= 0.6 is 11.3 Å². The Labute approximate surface area is 121 Å². The lowest BCUT2D eigenvalue weighted by Crippen LogP contribution is -2.30. The van der Waals surface area contributed by atoms with Gasteiger partial charge in [-0.1, -0.05) is 11.2 Å². The van der Waals surface area contributed by atoms with E-state index in [1.54, 1.807) is 17.5 Å². The van der Waals surface area contributed by atoms with E-state index in [1.165, 1.54) is 0 Å². The summed E-state index contributed by atoms with van der Waals surface area (Å²) in [6, 6.07) is 8.27. The molecule has 20 heavy (non-hydrogen) atoms. The van der Waals surface area contributed by atoms with Gasteiger partial charge in [0.25, 0.3) is 0 Å². The Morgan fingerprint density at radius 1 is 1.45 bits per heavy atom. The van der Waals surface area contributed by atoms with Crippen molar-refractivity contribution in [3.05, 3.63) is 47.7 Å². The number of rotatable bonds is 6. The van der Waals surface area contributed by atoms with Crippen LogP contribution < -0.4 is 5.32 Å². The molecular formula is C14H16N4OS. The van der Waals surface area contributed by atoms with Crippen LogP contribution in [0.5, 0.6) is 0 Å². The van der Waals surface area contributed by atoms with Crippen molar-refractivity contribution in [2.45, 2.75) is 26.1 Å². The lowest BCUT2D eigenvalue weighted by molar-refractivity contribution is 0.407. The van der Waals surface area contributed by atoms with Crippen LogP contribution in [0, 0.1) is 0 Å². The lowest BCUT2D eigenvalue weighted by Gasteiger charge is -2.12. The molecule has 1 atom stereocenters. The fraction of sp³-hybridized carbons (Fsp3) is 0.286. The zero-order valence-corrected chi connectivity index (χ0v) is 12.0. The molecule has 0 aromatic carbocycles. The number of nitrogens with zero attached hydrogens (tertiary/aromatic N) is 3. The summed E-state index contributed by atoms with van der Waals surface area (Å²) in [6.07, 6.45) is 3.75. The zero-order valence-electron chi connectivity index (χ0n) is 11.2. The van der Waals surface area contributed by atoms with E-state index in [0.717, 1.165) is 22.9 Å². The van der Waals surface area contributed by atoms with Gasteiger partial charge >= 0.3 is 0 Å². The van der Waals surface area contributed by atoms with Gasteiger partial charge in [-0.2, -0.15) is 5.10 Å². The van der Waals surface area contributed by atoms with Gasteiger partial charge in [0, 0.05) is 31.0 Å². The Morgan fingerprint density at radius 3 is 3.15 bits per heavy atom. The minimum Gasteiger partial charge on any atom is -0.355 e. The van der Waals surface area contributed by atoms with Gasteiger partial charge in [0.2, 0.25) is 0 Å². The Kier molecular flexibility index (Phi) is 3.94. The van der Waals surface area contributed by atoms with Crippen molar-refractivity contribution in [2.24, 2.45) is 0 Å². The number of nitrogens with one attached hydrogen (secondary N) is 1. The molecule has 0 amide bonds. The number of hydrogen-bond acceptors (Lipinski definition) is 5. The average Bonchev–Trinajstić information content (AvgIpc) is 3.18. The molecule has 0 bridgehead atoms. The maximum atomic E-state index is 5.35. The molecule has 0 unspecified atom stereocenters. The van der Waals surface area contributed by atoms with Crippen molar-refractivity contribution in [1.29, 1.82) is 0 Å². The van der Waals surface area contributed by atoms with Crippen molar-refractivity contribution < 1.29 is 4.52 Å². The molecule has 0 radical (unpaired) electrons. The van der Waals surface area contributed by atoms with Crippen LogP contribution in [0.15, 0.2) is 46.6 Å². The van der Waals surface area contributed by atoms with E-state index in [4.69, 9.17) is 4.52 Å². The summed E-state index contributed by atoms with van der Waals surface area (Å²) in [5, 5.41) is 13.7. The van der Waals surface area contributed by atoms with Crippen molar-refractivity contribution in [1.82, 2.24) is 20.3 Å². The summed E-state index contributed by atoms with van der Waals surface area (Å²) in [5.74, 6) is 0.830. The van der Waals surface area contributed by atoms with Crippen molar-refractivity contribution in [2.75, 3.05) is 0 Å². The first-order valence-corrected chi connectivity index (χ1v) is 7.39. The fourth-order valence-corrected chi connectivity index (χ4v) is 2.64. The Morgan fingerprint density at radius 2 is 2.40 bits per heavy atom. The molecule has 3 heterocycles. The quantitative estimate of drug-likeness (QED) is 0.758. The predicted molar refractivity (Wildman–Crippen MR) is 78.3 cm³/mol. The third-order valence-electron chi connectivity index (χ3n) is 2.97. The summed E-state index contributed by atoms with van der Waals surface area (Å²) >= 11 is 1.65. The predicted octanol–water partition coefficient (Wildman–Crippen LogP) is 2.78. The standard InChI is InChI=1S/C14H16N4OS/c1-11(10-18-6-3-5-16-18)15-9-12-8-13(19-17-12)14-4-2-7-20-14/h2-8,11,15H,9-10H2,1H3/t11-/m1/s1. The second-order valence-electron chi connectivity index (χ2n) is 4.67. The van der Waals surface area contributed by atoms with Gasteiger partial charge in [-0.25, -0.2) is 0 Å². The van der Waals surface area contributed by atoms with Crippen LogP contribution in [0.3, 0.4) is 0 Å². The van der Waals surface area contributed by atoms with E-state index in [1.807, 2.05) is 40.5 Å². The van der Waals surface area contributed by atoms with Gasteiger partial charge < -0.3 is 9.84 Å². The third-order valence-corrected chi connectivity index (χ3v) is 3.86. The molecule has 0 aliphatic rings. The molecule has 3 aromatic rings. The molecule has 104 valence electrons. The molecule has 0 fully saturated rings. The molecule has 0 spiro atoms. The van der Waals surface area contributed by atoms with E-state index in [9.17, 15) is 0 Å². The molecule has 5 nitrogen and oxygen atoms in total. The minimum absolute atomic E-state index is 0.316. The van der Waals surface area contributed by atoms with Crippen LogP contribution in [0.4, 0.5) is 0 Å². The molecule has 3 rings (SSSR count).